The first-order valence-electron chi connectivity index (χ1n) is 8.13. The molecule has 0 unspecified atom stereocenters. The summed E-state index contributed by atoms with van der Waals surface area (Å²) >= 11 is 6.25. The predicted molar refractivity (Wildman–Crippen MR) is 95.4 cm³/mol. The molecule has 2 aromatic carbocycles. The number of methoxy groups -OCH3 is 1. The van der Waals surface area contributed by atoms with Crippen LogP contribution >= 0.6 is 11.6 Å². The van der Waals surface area contributed by atoms with Crippen molar-refractivity contribution in [3.8, 4) is 0 Å². The average molecular weight is 337 g/mol. The molecule has 0 bridgehead atoms. The summed E-state index contributed by atoms with van der Waals surface area (Å²) in [4.78, 5) is 0. The Bertz CT molecular complexity index is 586. The largest absolute Gasteiger partial charge is 0.382 e. The lowest BCUT2D eigenvalue weighted by Crippen LogP contribution is -2.08. The van der Waals surface area contributed by atoms with Crippen molar-refractivity contribution in [1.29, 1.82) is 0 Å². The zero-order valence-corrected chi connectivity index (χ0v) is 14.5. The third-order valence-electron chi connectivity index (χ3n) is 3.75. The van der Waals surface area contributed by atoms with Gasteiger partial charge in [0.1, 0.15) is 0 Å². The number of aryl methyl sites for hydroxylation is 1. The summed E-state index contributed by atoms with van der Waals surface area (Å²) in [5, 5.41) is 3.21. The first kappa shape index (κ1) is 18.2. The molecule has 23 heavy (non-hydrogen) atoms. The van der Waals surface area contributed by atoms with E-state index in [9.17, 15) is 0 Å². The second-order valence-corrected chi connectivity index (χ2v) is 5.83. The fourth-order valence-corrected chi connectivity index (χ4v) is 2.75. The molecule has 2 aromatic rings. The molecule has 3 nitrogen and oxygen atoms in total. The van der Waals surface area contributed by atoms with Gasteiger partial charge in [0.15, 0.2) is 0 Å². The van der Waals surface area contributed by atoms with Crippen molar-refractivity contribution in [3.05, 3.63) is 47.0 Å². The highest BCUT2D eigenvalue weighted by Gasteiger charge is 2.04. The van der Waals surface area contributed by atoms with Gasteiger partial charge in [0.2, 0.25) is 0 Å². The average Bonchev–Trinajstić information content (AvgIpc) is 2.58. The molecule has 0 heterocycles. The van der Waals surface area contributed by atoms with E-state index in [4.69, 9.17) is 25.8 Å². The molecule has 0 N–H and O–H groups in total. The summed E-state index contributed by atoms with van der Waals surface area (Å²) in [6.45, 7) is 3.32. The Labute approximate surface area is 143 Å². The predicted octanol–water partition coefficient (Wildman–Crippen LogP) is 4.50. The number of benzene rings is 2. The molecular formula is C19H25ClO3. The highest BCUT2D eigenvalue weighted by atomic mass is 35.5. The van der Waals surface area contributed by atoms with Crippen LogP contribution in [0.4, 0.5) is 0 Å². The molecule has 0 saturated heterocycles. The van der Waals surface area contributed by atoms with Gasteiger partial charge in [-0.1, -0.05) is 41.9 Å². The Morgan fingerprint density at radius 3 is 2.26 bits per heavy atom. The summed E-state index contributed by atoms with van der Waals surface area (Å²) in [6, 6.07) is 12.4. The molecule has 0 aromatic heterocycles. The van der Waals surface area contributed by atoms with Gasteiger partial charge < -0.3 is 14.2 Å². The van der Waals surface area contributed by atoms with E-state index in [-0.39, 0.29) is 0 Å². The minimum atomic E-state index is 0.628. The first-order chi connectivity index (χ1) is 11.3. The third kappa shape index (κ3) is 6.11. The Kier molecular flexibility index (Phi) is 8.40. The summed E-state index contributed by atoms with van der Waals surface area (Å²) in [5.41, 5.74) is 1.35. The van der Waals surface area contributed by atoms with Crippen molar-refractivity contribution in [2.24, 2.45) is 0 Å². The topological polar surface area (TPSA) is 27.7 Å². The van der Waals surface area contributed by atoms with Crippen LogP contribution in [0.5, 0.6) is 0 Å². The normalized spacial score (nSPS) is 11.2. The highest BCUT2D eigenvalue weighted by molar-refractivity contribution is 6.35. The van der Waals surface area contributed by atoms with E-state index in [0.717, 1.165) is 36.3 Å². The van der Waals surface area contributed by atoms with Crippen molar-refractivity contribution < 1.29 is 14.2 Å². The fraction of sp³-hybridized carbons (Fsp3) is 0.474. The number of fused-ring (bicyclic) bond motifs is 1. The van der Waals surface area contributed by atoms with Crippen LogP contribution in [0.2, 0.25) is 5.02 Å². The van der Waals surface area contributed by atoms with Crippen molar-refractivity contribution in [2.45, 2.75) is 19.3 Å². The zero-order chi connectivity index (χ0) is 16.3. The molecule has 0 saturated carbocycles. The molecular weight excluding hydrogens is 312 g/mol. The van der Waals surface area contributed by atoms with E-state index in [1.54, 1.807) is 7.11 Å². The third-order valence-corrected chi connectivity index (χ3v) is 4.08. The molecule has 0 atom stereocenters. The van der Waals surface area contributed by atoms with Crippen molar-refractivity contribution >= 4 is 22.4 Å². The van der Waals surface area contributed by atoms with Gasteiger partial charge >= 0.3 is 0 Å². The number of hydrogen-bond acceptors (Lipinski definition) is 3. The molecule has 0 amide bonds. The maximum atomic E-state index is 6.25. The van der Waals surface area contributed by atoms with E-state index < -0.39 is 0 Å². The number of ether oxygens (including phenoxy) is 3. The van der Waals surface area contributed by atoms with E-state index in [2.05, 4.69) is 24.3 Å². The minimum Gasteiger partial charge on any atom is -0.382 e. The maximum absolute atomic E-state index is 6.25. The maximum Gasteiger partial charge on any atom is 0.0701 e. The Morgan fingerprint density at radius 1 is 0.783 bits per heavy atom. The Morgan fingerprint density at radius 2 is 1.48 bits per heavy atom. The van der Waals surface area contributed by atoms with Crippen LogP contribution < -0.4 is 0 Å². The van der Waals surface area contributed by atoms with Crippen molar-refractivity contribution in [2.75, 3.05) is 40.1 Å². The molecule has 0 fully saturated rings. The molecule has 0 radical (unpaired) electrons. The standard InChI is InChI=1S/C19H25ClO3/c1-21-12-13-23-15-14-22-11-5-4-6-16-9-10-19(20)18-8-3-2-7-17(16)18/h2-3,7-10H,4-6,11-15H2,1H3. The lowest BCUT2D eigenvalue weighted by atomic mass is 10.0. The van der Waals surface area contributed by atoms with E-state index in [1.807, 2.05) is 12.1 Å². The van der Waals surface area contributed by atoms with Gasteiger partial charge in [0, 0.05) is 24.1 Å². The Hall–Kier alpha value is -1.13. The van der Waals surface area contributed by atoms with Gasteiger partial charge in [-0.2, -0.15) is 0 Å². The SMILES string of the molecule is COCCOCCOCCCCc1ccc(Cl)c2ccccc12. The monoisotopic (exact) mass is 336 g/mol. The second-order valence-electron chi connectivity index (χ2n) is 5.43. The second kappa shape index (κ2) is 10.6. The van der Waals surface area contributed by atoms with Crippen LogP contribution in [0, 0.1) is 0 Å². The van der Waals surface area contributed by atoms with Gasteiger partial charge in [-0.25, -0.2) is 0 Å². The summed E-state index contributed by atoms with van der Waals surface area (Å²) in [6.07, 6.45) is 3.20. The molecule has 0 aliphatic carbocycles. The number of hydrogen-bond donors (Lipinski definition) is 0. The number of halogens is 1. The quantitative estimate of drug-likeness (QED) is 0.566. The summed E-state index contributed by atoms with van der Waals surface area (Å²) in [7, 11) is 1.67. The van der Waals surface area contributed by atoms with Crippen molar-refractivity contribution in [1.82, 2.24) is 0 Å². The molecule has 0 spiro atoms. The number of unbranched alkanes of at least 4 members (excludes halogenated alkanes) is 1. The van der Waals surface area contributed by atoms with Crippen molar-refractivity contribution in [3.63, 3.8) is 0 Å². The smallest absolute Gasteiger partial charge is 0.0701 e. The van der Waals surface area contributed by atoms with E-state index >= 15 is 0 Å². The van der Waals surface area contributed by atoms with Gasteiger partial charge in [-0.05, 0) is 36.3 Å². The van der Waals surface area contributed by atoms with Crippen LogP contribution in [0.3, 0.4) is 0 Å². The highest BCUT2D eigenvalue weighted by Crippen LogP contribution is 2.27. The van der Waals surface area contributed by atoms with E-state index in [1.165, 1.54) is 10.9 Å². The molecule has 0 aliphatic rings. The first-order valence-corrected chi connectivity index (χ1v) is 8.51. The molecule has 126 valence electrons. The van der Waals surface area contributed by atoms with Crippen LogP contribution in [0.25, 0.3) is 10.8 Å². The van der Waals surface area contributed by atoms with Crippen LogP contribution in [-0.4, -0.2) is 40.1 Å². The van der Waals surface area contributed by atoms with Gasteiger partial charge in [0.05, 0.1) is 26.4 Å². The Balaban J connectivity index is 1.65. The van der Waals surface area contributed by atoms with Crippen LogP contribution in [-0.2, 0) is 20.6 Å². The minimum absolute atomic E-state index is 0.628. The summed E-state index contributed by atoms with van der Waals surface area (Å²) < 4.78 is 15.8. The van der Waals surface area contributed by atoms with Gasteiger partial charge in [0.25, 0.3) is 0 Å². The van der Waals surface area contributed by atoms with Crippen LogP contribution in [0.1, 0.15) is 18.4 Å². The lowest BCUT2D eigenvalue weighted by Gasteiger charge is -2.09. The lowest BCUT2D eigenvalue weighted by molar-refractivity contribution is 0.0240. The molecule has 2 rings (SSSR count). The molecule has 4 heteroatoms. The molecule has 0 aliphatic heterocycles. The van der Waals surface area contributed by atoms with Gasteiger partial charge in [-0.3, -0.25) is 0 Å². The zero-order valence-electron chi connectivity index (χ0n) is 13.7. The van der Waals surface area contributed by atoms with E-state index in [0.29, 0.717) is 26.4 Å². The van der Waals surface area contributed by atoms with Crippen LogP contribution in [0.15, 0.2) is 36.4 Å². The number of rotatable bonds is 11. The van der Waals surface area contributed by atoms with Gasteiger partial charge in [-0.15, -0.1) is 0 Å². The summed E-state index contributed by atoms with van der Waals surface area (Å²) in [5.74, 6) is 0. The fourth-order valence-electron chi connectivity index (χ4n) is 2.53.